The largest absolute Gasteiger partial charge is 0.495 e. The molecular formula is C10H9ClO3. The lowest BCUT2D eigenvalue weighted by molar-refractivity contribution is 0.0933. The number of rotatable bonds is 1. The fourth-order valence-electron chi connectivity index (χ4n) is 1.44. The SMILES string of the molecule is COc1ccc2c(c1Cl)OCCC2=O. The van der Waals surface area contributed by atoms with Crippen molar-refractivity contribution in [3.8, 4) is 11.5 Å². The monoisotopic (exact) mass is 212 g/mol. The summed E-state index contributed by atoms with van der Waals surface area (Å²) in [5, 5.41) is 0.373. The Labute approximate surface area is 86.6 Å². The number of fused-ring (bicyclic) bond motifs is 1. The van der Waals surface area contributed by atoms with Crippen molar-refractivity contribution in [3.05, 3.63) is 22.7 Å². The highest BCUT2D eigenvalue weighted by Crippen LogP contribution is 2.39. The molecular weight excluding hydrogens is 204 g/mol. The number of hydrogen-bond donors (Lipinski definition) is 0. The molecule has 1 heterocycles. The number of benzene rings is 1. The predicted molar refractivity (Wildman–Crippen MR) is 52.4 cm³/mol. The molecule has 0 amide bonds. The molecule has 0 N–H and O–H groups in total. The highest BCUT2D eigenvalue weighted by Gasteiger charge is 2.22. The topological polar surface area (TPSA) is 35.5 Å². The number of ether oxygens (including phenoxy) is 2. The molecule has 0 aliphatic carbocycles. The van der Waals surface area contributed by atoms with Crippen molar-refractivity contribution >= 4 is 17.4 Å². The van der Waals surface area contributed by atoms with Crippen LogP contribution in [0.2, 0.25) is 5.02 Å². The number of methoxy groups -OCH3 is 1. The van der Waals surface area contributed by atoms with Crippen molar-refractivity contribution in [2.45, 2.75) is 6.42 Å². The molecule has 1 aliphatic heterocycles. The Hall–Kier alpha value is -1.22. The molecule has 0 radical (unpaired) electrons. The molecule has 4 heteroatoms. The first-order chi connectivity index (χ1) is 6.74. The van der Waals surface area contributed by atoms with E-state index in [0.717, 1.165) is 0 Å². The van der Waals surface area contributed by atoms with Crippen LogP contribution in [0.15, 0.2) is 12.1 Å². The number of hydrogen-bond acceptors (Lipinski definition) is 3. The average molecular weight is 213 g/mol. The molecule has 1 aromatic carbocycles. The summed E-state index contributed by atoms with van der Waals surface area (Å²) < 4.78 is 10.4. The Bertz CT molecular complexity index is 387. The van der Waals surface area contributed by atoms with Gasteiger partial charge in [0.1, 0.15) is 10.8 Å². The smallest absolute Gasteiger partial charge is 0.170 e. The van der Waals surface area contributed by atoms with E-state index in [9.17, 15) is 4.79 Å². The van der Waals surface area contributed by atoms with Crippen LogP contribution in [0.25, 0.3) is 0 Å². The van der Waals surface area contributed by atoms with Crippen molar-refractivity contribution in [1.29, 1.82) is 0 Å². The quantitative estimate of drug-likeness (QED) is 0.717. The van der Waals surface area contributed by atoms with Gasteiger partial charge in [0, 0.05) is 6.42 Å². The number of ketones is 1. The molecule has 0 fully saturated rings. The predicted octanol–water partition coefficient (Wildman–Crippen LogP) is 2.31. The van der Waals surface area contributed by atoms with Gasteiger partial charge in [-0.25, -0.2) is 0 Å². The zero-order valence-corrected chi connectivity index (χ0v) is 8.43. The highest BCUT2D eigenvalue weighted by molar-refractivity contribution is 6.34. The lowest BCUT2D eigenvalue weighted by Crippen LogP contribution is -2.15. The molecule has 0 aromatic heterocycles. The van der Waals surface area contributed by atoms with E-state index in [1.807, 2.05) is 0 Å². The summed E-state index contributed by atoms with van der Waals surface area (Å²) in [6.07, 6.45) is 0.412. The van der Waals surface area contributed by atoms with Gasteiger partial charge in [-0.3, -0.25) is 4.79 Å². The molecule has 0 saturated carbocycles. The second kappa shape index (κ2) is 3.50. The Morgan fingerprint density at radius 1 is 1.50 bits per heavy atom. The van der Waals surface area contributed by atoms with Crippen LogP contribution in [0.5, 0.6) is 11.5 Å². The van der Waals surface area contributed by atoms with Gasteiger partial charge < -0.3 is 9.47 Å². The van der Waals surface area contributed by atoms with Gasteiger partial charge >= 0.3 is 0 Å². The van der Waals surface area contributed by atoms with Gasteiger partial charge in [0.2, 0.25) is 0 Å². The summed E-state index contributed by atoms with van der Waals surface area (Å²) in [4.78, 5) is 11.5. The third-order valence-corrected chi connectivity index (χ3v) is 2.52. The summed E-state index contributed by atoms with van der Waals surface area (Å²) in [5.41, 5.74) is 0.544. The van der Waals surface area contributed by atoms with Gasteiger partial charge in [0.25, 0.3) is 0 Å². The van der Waals surface area contributed by atoms with E-state index in [2.05, 4.69) is 0 Å². The van der Waals surface area contributed by atoms with E-state index in [1.165, 1.54) is 7.11 Å². The summed E-state index contributed by atoms with van der Waals surface area (Å²) in [5.74, 6) is 1.04. The summed E-state index contributed by atoms with van der Waals surface area (Å²) >= 11 is 5.99. The molecule has 2 rings (SSSR count). The third kappa shape index (κ3) is 1.34. The third-order valence-electron chi connectivity index (χ3n) is 2.16. The maximum absolute atomic E-state index is 11.5. The van der Waals surface area contributed by atoms with Crippen molar-refractivity contribution in [2.24, 2.45) is 0 Å². The van der Waals surface area contributed by atoms with E-state index < -0.39 is 0 Å². The lowest BCUT2D eigenvalue weighted by Gasteiger charge is -2.18. The zero-order chi connectivity index (χ0) is 10.1. The Morgan fingerprint density at radius 3 is 3.00 bits per heavy atom. The number of halogens is 1. The maximum atomic E-state index is 11.5. The molecule has 0 atom stereocenters. The van der Waals surface area contributed by atoms with Crippen LogP contribution in [-0.2, 0) is 0 Å². The Balaban J connectivity index is 2.57. The molecule has 74 valence electrons. The molecule has 0 saturated heterocycles. The van der Waals surface area contributed by atoms with Crippen molar-refractivity contribution < 1.29 is 14.3 Å². The number of carbonyl (C=O) groups excluding carboxylic acids is 1. The van der Waals surface area contributed by atoms with Crippen LogP contribution in [0.4, 0.5) is 0 Å². The van der Waals surface area contributed by atoms with Gasteiger partial charge in [-0.1, -0.05) is 11.6 Å². The van der Waals surface area contributed by atoms with Crippen molar-refractivity contribution in [2.75, 3.05) is 13.7 Å². The molecule has 1 aliphatic rings. The molecule has 0 spiro atoms. The van der Waals surface area contributed by atoms with Gasteiger partial charge in [0.05, 0.1) is 19.3 Å². The van der Waals surface area contributed by atoms with Crippen LogP contribution >= 0.6 is 11.6 Å². The first-order valence-electron chi connectivity index (χ1n) is 4.26. The van der Waals surface area contributed by atoms with Crippen LogP contribution in [0.1, 0.15) is 16.8 Å². The van der Waals surface area contributed by atoms with Crippen LogP contribution in [0.3, 0.4) is 0 Å². The second-order valence-electron chi connectivity index (χ2n) is 2.98. The minimum absolute atomic E-state index is 0.0656. The van der Waals surface area contributed by atoms with Gasteiger partial charge in [-0.05, 0) is 12.1 Å². The molecule has 3 nitrogen and oxygen atoms in total. The average Bonchev–Trinajstić information content (AvgIpc) is 2.20. The van der Waals surface area contributed by atoms with Gasteiger partial charge in [0.15, 0.2) is 11.5 Å². The van der Waals surface area contributed by atoms with Crippen LogP contribution < -0.4 is 9.47 Å². The number of Topliss-reactive ketones (excluding diaryl/α,β-unsaturated/α-hetero) is 1. The lowest BCUT2D eigenvalue weighted by atomic mass is 10.0. The van der Waals surface area contributed by atoms with Gasteiger partial charge in [-0.2, -0.15) is 0 Å². The van der Waals surface area contributed by atoms with E-state index in [4.69, 9.17) is 21.1 Å². The van der Waals surface area contributed by atoms with E-state index >= 15 is 0 Å². The van der Waals surface area contributed by atoms with Crippen molar-refractivity contribution in [1.82, 2.24) is 0 Å². The Morgan fingerprint density at radius 2 is 2.29 bits per heavy atom. The molecule has 1 aromatic rings. The standard InChI is InChI=1S/C10H9ClO3/c1-13-8-3-2-6-7(12)4-5-14-10(6)9(8)11/h2-3H,4-5H2,1H3. The van der Waals surface area contributed by atoms with Crippen molar-refractivity contribution in [3.63, 3.8) is 0 Å². The number of carbonyl (C=O) groups is 1. The fraction of sp³-hybridized carbons (Fsp3) is 0.300. The molecule has 14 heavy (non-hydrogen) atoms. The van der Waals surface area contributed by atoms with E-state index in [1.54, 1.807) is 12.1 Å². The fourth-order valence-corrected chi connectivity index (χ4v) is 1.73. The first-order valence-corrected chi connectivity index (χ1v) is 4.64. The minimum atomic E-state index is 0.0656. The second-order valence-corrected chi connectivity index (χ2v) is 3.36. The van der Waals surface area contributed by atoms with Crippen LogP contribution in [0, 0.1) is 0 Å². The van der Waals surface area contributed by atoms with Gasteiger partial charge in [-0.15, -0.1) is 0 Å². The van der Waals surface area contributed by atoms with E-state index in [0.29, 0.717) is 35.1 Å². The summed E-state index contributed by atoms with van der Waals surface area (Å²) in [6, 6.07) is 3.36. The zero-order valence-electron chi connectivity index (χ0n) is 7.67. The maximum Gasteiger partial charge on any atom is 0.170 e. The normalized spacial score (nSPS) is 14.6. The minimum Gasteiger partial charge on any atom is -0.495 e. The molecule has 0 unspecified atom stereocenters. The summed E-state index contributed by atoms with van der Waals surface area (Å²) in [6.45, 7) is 0.388. The van der Waals surface area contributed by atoms with Crippen LogP contribution in [-0.4, -0.2) is 19.5 Å². The summed E-state index contributed by atoms with van der Waals surface area (Å²) in [7, 11) is 1.53. The Kier molecular flexibility index (Phi) is 2.33. The van der Waals surface area contributed by atoms with E-state index in [-0.39, 0.29) is 5.78 Å². The molecule has 0 bridgehead atoms. The highest BCUT2D eigenvalue weighted by atomic mass is 35.5. The first kappa shape index (κ1) is 9.34.